The number of amides is 1. The van der Waals surface area contributed by atoms with E-state index >= 15 is 0 Å². The standard InChI is InChI=1S/C13H18FN3O2/c1-13(2,11(15)16-19)12(18)17(3)8-9-5-4-6-10(14)7-9/h4-7,19H,8H2,1-3H3,(H2,15,16). The zero-order chi connectivity index (χ0) is 14.6. The Kier molecular flexibility index (Phi) is 4.47. The third-order valence-corrected chi connectivity index (χ3v) is 2.94. The second-order valence-electron chi connectivity index (χ2n) is 4.90. The summed E-state index contributed by atoms with van der Waals surface area (Å²) in [6.07, 6.45) is 0. The number of amidine groups is 1. The number of rotatable bonds is 4. The van der Waals surface area contributed by atoms with Gasteiger partial charge in [-0.15, -0.1) is 0 Å². The molecule has 1 aromatic rings. The summed E-state index contributed by atoms with van der Waals surface area (Å²) in [5.41, 5.74) is 5.06. The number of carbonyl (C=O) groups is 1. The molecular formula is C13H18FN3O2. The van der Waals surface area contributed by atoms with Gasteiger partial charge in [0, 0.05) is 13.6 Å². The molecule has 3 N–H and O–H groups in total. The monoisotopic (exact) mass is 267 g/mol. The van der Waals surface area contributed by atoms with E-state index in [9.17, 15) is 9.18 Å². The van der Waals surface area contributed by atoms with Crippen LogP contribution in [0, 0.1) is 11.2 Å². The maximum Gasteiger partial charge on any atom is 0.235 e. The number of carbonyl (C=O) groups excluding carboxylic acids is 1. The van der Waals surface area contributed by atoms with Gasteiger partial charge in [-0.1, -0.05) is 17.3 Å². The van der Waals surface area contributed by atoms with E-state index < -0.39 is 5.41 Å². The van der Waals surface area contributed by atoms with Crippen molar-refractivity contribution in [2.45, 2.75) is 20.4 Å². The lowest BCUT2D eigenvalue weighted by Gasteiger charge is -2.28. The van der Waals surface area contributed by atoms with E-state index in [0.717, 1.165) is 0 Å². The fraction of sp³-hybridized carbons (Fsp3) is 0.385. The minimum absolute atomic E-state index is 0.163. The average molecular weight is 267 g/mol. The van der Waals surface area contributed by atoms with Crippen LogP contribution in [0.3, 0.4) is 0 Å². The first kappa shape index (κ1) is 14.9. The van der Waals surface area contributed by atoms with Gasteiger partial charge in [0.05, 0.1) is 0 Å². The van der Waals surface area contributed by atoms with Gasteiger partial charge < -0.3 is 15.8 Å². The first-order valence-corrected chi connectivity index (χ1v) is 5.77. The molecule has 1 aromatic carbocycles. The van der Waals surface area contributed by atoms with Crippen LogP contribution in [-0.2, 0) is 11.3 Å². The quantitative estimate of drug-likeness (QED) is 0.376. The molecule has 0 unspecified atom stereocenters. The molecule has 0 atom stereocenters. The molecule has 0 radical (unpaired) electrons. The van der Waals surface area contributed by atoms with Crippen molar-refractivity contribution in [1.82, 2.24) is 4.90 Å². The lowest BCUT2D eigenvalue weighted by atomic mass is 9.90. The first-order valence-electron chi connectivity index (χ1n) is 5.77. The third-order valence-electron chi connectivity index (χ3n) is 2.94. The van der Waals surface area contributed by atoms with Gasteiger partial charge in [0.2, 0.25) is 5.91 Å². The fourth-order valence-corrected chi connectivity index (χ4v) is 1.69. The number of hydrogen-bond acceptors (Lipinski definition) is 3. The van der Waals surface area contributed by atoms with Crippen LogP contribution in [-0.4, -0.2) is 28.9 Å². The number of oxime groups is 1. The maximum atomic E-state index is 13.1. The van der Waals surface area contributed by atoms with E-state index in [2.05, 4.69) is 5.16 Å². The molecule has 0 aliphatic carbocycles. The highest BCUT2D eigenvalue weighted by Crippen LogP contribution is 2.20. The van der Waals surface area contributed by atoms with Crippen LogP contribution in [0.5, 0.6) is 0 Å². The summed E-state index contributed by atoms with van der Waals surface area (Å²) >= 11 is 0. The van der Waals surface area contributed by atoms with Gasteiger partial charge in [-0.05, 0) is 31.5 Å². The van der Waals surface area contributed by atoms with Gasteiger partial charge >= 0.3 is 0 Å². The summed E-state index contributed by atoms with van der Waals surface area (Å²) in [6.45, 7) is 3.37. The van der Waals surface area contributed by atoms with Crippen LogP contribution in [0.1, 0.15) is 19.4 Å². The molecule has 1 amide bonds. The predicted octanol–water partition coefficient (Wildman–Crippen LogP) is 1.56. The zero-order valence-electron chi connectivity index (χ0n) is 11.2. The van der Waals surface area contributed by atoms with Gasteiger partial charge in [-0.25, -0.2) is 4.39 Å². The van der Waals surface area contributed by atoms with Gasteiger partial charge in [0.25, 0.3) is 0 Å². The van der Waals surface area contributed by atoms with Crippen molar-refractivity contribution >= 4 is 11.7 Å². The Morgan fingerprint density at radius 3 is 2.68 bits per heavy atom. The molecule has 0 saturated carbocycles. The predicted molar refractivity (Wildman–Crippen MR) is 70.1 cm³/mol. The number of hydrogen-bond donors (Lipinski definition) is 2. The summed E-state index contributed by atoms with van der Waals surface area (Å²) < 4.78 is 13.1. The highest BCUT2D eigenvalue weighted by molar-refractivity contribution is 6.05. The van der Waals surface area contributed by atoms with E-state index in [4.69, 9.17) is 10.9 Å². The van der Waals surface area contributed by atoms with E-state index in [1.807, 2.05) is 0 Å². The summed E-state index contributed by atoms with van der Waals surface area (Å²) in [5.74, 6) is -0.829. The van der Waals surface area contributed by atoms with E-state index in [1.54, 1.807) is 33.0 Å². The van der Waals surface area contributed by atoms with Crippen molar-refractivity contribution < 1.29 is 14.4 Å². The normalized spacial score (nSPS) is 12.3. The maximum absolute atomic E-state index is 13.1. The lowest BCUT2D eigenvalue weighted by Crippen LogP contribution is -2.46. The largest absolute Gasteiger partial charge is 0.409 e. The Bertz CT molecular complexity index is 500. The number of halogens is 1. The van der Waals surface area contributed by atoms with E-state index in [-0.39, 0.29) is 24.1 Å². The molecule has 0 aromatic heterocycles. The highest BCUT2D eigenvalue weighted by Gasteiger charge is 2.35. The molecule has 0 saturated heterocycles. The van der Waals surface area contributed by atoms with E-state index in [0.29, 0.717) is 5.56 Å². The van der Waals surface area contributed by atoms with Crippen molar-refractivity contribution in [1.29, 1.82) is 0 Å². The Hall–Kier alpha value is -2.11. The topological polar surface area (TPSA) is 78.9 Å². The molecule has 0 aliphatic rings. The van der Waals surface area contributed by atoms with Gasteiger partial charge in [-0.2, -0.15) is 0 Å². The zero-order valence-corrected chi connectivity index (χ0v) is 11.2. The second kappa shape index (κ2) is 5.69. The Balaban J connectivity index is 2.84. The van der Waals surface area contributed by atoms with Crippen molar-refractivity contribution in [2.75, 3.05) is 7.05 Å². The minimum Gasteiger partial charge on any atom is -0.409 e. The van der Waals surface area contributed by atoms with Gasteiger partial charge in [0.15, 0.2) is 5.84 Å². The molecule has 19 heavy (non-hydrogen) atoms. The molecule has 0 bridgehead atoms. The number of benzene rings is 1. The molecule has 0 aliphatic heterocycles. The van der Waals surface area contributed by atoms with Crippen LogP contribution in [0.4, 0.5) is 4.39 Å². The molecule has 104 valence electrons. The minimum atomic E-state index is -1.11. The van der Waals surface area contributed by atoms with Crippen LogP contribution in [0.2, 0.25) is 0 Å². The second-order valence-corrected chi connectivity index (χ2v) is 4.90. The third kappa shape index (κ3) is 3.43. The summed E-state index contributed by atoms with van der Waals surface area (Å²) in [7, 11) is 1.58. The first-order chi connectivity index (χ1) is 8.78. The van der Waals surface area contributed by atoms with Gasteiger partial charge in [-0.3, -0.25) is 4.79 Å². The Labute approximate surface area is 111 Å². The van der Waals surface area contributed by atoms with Crippen molar-refractivity contribution in [3.8, 4) is 0 Å². The van der Waals surface area contributed by atoms with Crippen LogP contribution >= 0.6 is 0 Å². The SMILES string of the molecule is CN(Cc1cccc(F)c1)C(=O)C(C)(C)C(N)=NO. The molecular weight excluding hydrogens is 249 g/mol. The molecule has 1 rings (SSSR count). The molecule has 0 fully saturated rings. The van der Waals surface area contributed by atoms with Crippen molar-refractivity contribution in [2.24, 2.45) is 16.3 Å². The number of nitrogens with two attached hydrogens (primary N) is 1. The summed E-state index contributed by atoms with van der Waals surface area (Å²) in [4.78, 5) is 13.6. The average Bonchev–Trinajstić information content (AvgIpc) is 2.36. The van der Waals surface area contributed by atoms with Crippen LogP contribution < -0.4 is 5.73 Å². The van der Waals surface area contributed by atoms with Gasteiger partial charge in [0.1, 0.15) is 11.2 Å². The van der Waals surface area contributed by atoms with Crippen molar-refractivity contribution in [3.05, 3.63) is 35.6 Å². The Morgan fingerprint density at radius 2 is 2.16 bits per heavy atom. The Morgan fingerprint density at radius 1 is 1.53 bits per heavy atom. The highest BCUT2D eigenvalue weighted by atomic mass is 19.1. The smallest absolute Gasteiger partial charge is 0.235 e. The lowest BCUT2D eigenvalue weighted by molar-refractivity contribution is -0.136. The number of nitrogens with zero attached hydrogens (tertiary/aromatic N) is 2. The fourth-order valence-electron chi connectivity index (χ4n) is 1.69. The summed E-state index contributed by atoms with van der Waals surface area (Å²) in [6, 6.07) is 6.01. The molecule has 0 spiro atoms. The molecule has 6 heteroatoms. The summed E-state index contributed by atoms with van der Waals surface area (Å²) in [5, 5.41) is 11.5. The van der Waals surface area contributed by atoms with Crippen molar-refractivity contribution in [3.63, 3.8) is 0 Å². The van der Waals surface area contributed by atoms with Crippen LogP contribution in [0.25, 0.3) is 0 Å². The molecule has 0 heterocycles. The van der Waals surface area contributed by atoms with E-state index in [1.165, 1.54) is 17.0 Å². The molecule has 5 nitrogen and oxygen atoms in total. The van der Waals surface area contributed by atoms with Crippen LogP contribution in [0.15, 0.2) is 29.4 Å².